The van der Waals surface area contributed by atoms with E-state index in [0.717, 1.165) is 37.3 Å². The lowest BCUT2D eigenvalue weighted by molar-refractivity contribution is 0.187. The Morgan fingerprint density at radius 1 is 1.32 bits per heavy atom. The van der Waals surface area contributed by atoms with E-state index < -0.39 is 0 Å². The second-order valence-electron chi connectivity index (χ2n) is 4.93. The second-order valence-corrected chi connectivity index (χ2v) is 4.93. The highest BCUT2D eigenvalue weighted by Gasteiger charge is 2.39. The van der Waals surface area contributed by atoms with Gasteiger partial charge >= 0.3 is 6.03 Å². The summed E-state index contributed by atoms with van der Waals surface area (Å²) in [5, 5.41) is 0. The Morgan fingerprint density at radius 2 is 2.11 bits per heavy atom. The lowest BCUT2D eigenvalue weighted by Crippen LogP contribution is -2.38. The summed E-state index contributed by atoms with van der Waals surface area (Å²) in [6.07, 6.45) is 5.28. The van der Waals surface area contributed by atoms with Crippen LogP contribution in [-0.4, -0.2) is 35.0 Å². The number of rotatable bonds is 1. The molecule has 0 spiro atoms. The number of amides is 2. The second kappa shape index (κ2) is 6.04. The summed E-state index contributed by atoms with van der Waals surface area (Å²) in [5.74, 6) is 0.796. The number of urea groups is 1. The predicted octanol–water partition coefficient (Wildman–Crippen LogP) is 3.21. The van der Waals surface area contributed by atoms with Gasteiger partial charge in [0.25, 0.3) is 0 Å². The summed E-state index contributed by atoms with van der Waals surface area (Å²) in [6.45, 7) is 7.74. The van der Waals surface area contributed by atoms with Gasteiger partial charge in [0.2, 0.25) is 0 Å². The van der Waals surface area contributed by atoms with E-state index in [4.69, 9.17) is 0 Å². The van der Waals surface area contributed by atoms with E-state index in [2.05, 4.69) is 4.98 Å². The summed E-state index contributed by atoms with van der Waals surface area (Å²) >= 11 is 0. The molecule has 2 aliphatic rings. The molecule has 4 nitrogen and oxygen atoms in total. The maximum Gasteiger partial charge on any atom is 0.326 e. The quantitative estimate of drug-likeness (QED) is 0.778. The van der Waals surface area contributed by atoms with Crippen molar-refractivity contribution in [3.8, 4) is 0 Å². The maximum absolute atomic E-state index is 12.3. The highest BCUT2D eigenvalue weighted by Crippen LogP contribution is 2.28. The number of aromatic nitrogens is 1. The molecule has 0 N–H and O–H groups in total. The van der Waals surface area contributed by atoms with Crippen LogP contribution in [-0.2, 0) is 0 Å². The van der Waals surface area contributed by atoms with Crippen molar-refractivity contribution in [3.05, 3.63) is 23.9 Å². The van der Waals surface area contributed by atoms with Crippen LogP contribution in [0, 0.1) is 6.92 Å². The minimum atomic E-state index is 0.132. The van der Waals surface area contributed by atoms with Crippen LogP contribution in [0.3, 0.4) is 0 Å². The number of piperidine rings is 1. The van der Waals surface area contributed by atoms with E-state index in [1.54, 1.807) is 6.20 Å². The molecule has 1 aromatic heterocycles. The van der Waals surface area contributed by atoms with Crippen LogP contribution in [0.25, 0.3) is 0 Å². The molecule has 2 amide bonds. The lowest BCUT2D eigenvalue weighted by Gasteiger charge is -2.27. The number of hydrogen-bond acceptors (Lipinski definition) is 2. The molecule has 2 aliphatic heterocycles. The van der Waals surface area contributed by atoms with Gasteiger partial charge in [-0.15, -0.1) is 0 Å². The topological polar surface area (TPSA) is 36.4 Å². The van der Waals surface area contributed by atoms with Gasteiger partial charge in [0, 0.05) is 19.3 Å². The van der Waals surface area contributed by atoms with Crippen molar-refractivity contribution in [2.45, 2.75) is 46.1 Å². The normalized spacial score (nSPS) is 21.8. The van der Waals surface area contributed by atoms with Crippen LogP contribution in [0.1, 0.15) is 38.7 Å². The fourth-order valence-electron chi connectivity index (χ4n) is 2.75. The van der Waals surface area contributed by atoms with Crippen LogP contribution < -0.4 is 4.90 Å². The number of aryl methyl sites for hydroxylation is 1. The number of fused-ring (bicyclic) bond motifs is 1. The van der Waals surface area contributed by atoms with Gasteiger partial charge in [0.05, 0.1) is 6.04 Å². The molecule has 1 atom stereocenters. The molecule has 0 aromatic carbocycles. The first-order valence-corrected chi connectivity index (χ1v) is 7.26. The fraction of sp³-hybridized carbons (Fsp3) is 0.600. The highest BCUT2D eigenvalue weighted by atomic mass is 16.2. The Morgan fingerprint density at radius 3 is 2.79 bits per heavy atom. The van der Waals surface area contributed by atoms with Gasteiger partial charge in [-0.25, -0.2) is 9.78 Å². The third kappa shape index (κ3) is 2.72. The van der Waals surface area contributed by atoms with E-state index >= 15 is 0 Å². The summed E-state index contributed by atoms with van der Waals surface area (Å²) < 4.78 is 0. The Balaban J connectivity index is 0.000000637. The van der Waals surface area contributed by atoms with Gasteiger partial charge in [-0.05, 0) is 43.9 Å². The lowest BCUT2D eigenvalue weighted by atomic mass is 10.0. The average Bonchev–Trinajstić information content (AvgIpc) is 2.79. The molecule has 1 unspecified atom stereocenters. The van der Waals surface area contributed by atoms with E-state index in [-0.39, 0.29) is 6.03 Å². The molecule has 0 saturated carbocycles. The Hall–Kier alpha value is -1.58. The number of hydrogen-bond donors (Lipinski definition) is 0. The first-order valence-electron chi connectivity index (χ1n) is 7.26. The van der Waals surface area contributed by atoms with Gasteiger partial charge in [0.1, 0.15) is 5.82 Å². The molecule has 2 saturated heterocycles. The first-order chi connectivity index (χ1) is 9.25. The van der Waals surface area contributed by atoms with Crippen LogP contribution in [0.4, 0.5) is 10.6 Å². The van der Waals surface area contributed by atoms with Crippen molar-refractivity contribution >= 4 is 11.8 Å². The molecule has 0 radical (unpaired) electrons. The summed E-state index contributed by atoms with van der Waals surface area (Å²) in [7, 11) is 0. The molecule has 2 fully saturated rings. The number of carbonyl (C=O) groups excluding carboxylic acids is 1. The number of carbonyl (C=O) groups is 1. The molecule has 0 bridgehead atoms. The van der Waals surface area contributed by atoms with Crippen molar-refractivity contribution in [3.63, 3.8) is 0 Å². The Kier molecular flexibility index (Phi) is 4.40. The zero-order valence-electron chi connectivity index (χ0n) is 12.1. The third-order valence-electron chi connectivity index (χ3n) is 3.67. The first kappa shape index (κ1) is 13.8. The summed E-state index contributed by atoms with van der Waals surface area (Å²) in [5.41, 5.74) is 1.15. The summed E-state index contributed by atoms with van der Waals surface area (Å²) in [6, 6.07) is 4.47. The molecule has 3 heterocycles. The number of anilines is 1. The van der Waals surface area contributed by atoms with Crippen LogP contribution >= 0.6 is 0 Å². The summed E-state index contributed by atoms with van der Waals surface area (Å²) in [4.78, 5) is 20.4. The molecule has 104 valence electrons. The minimum absolute atomic E-state index is 0.132. The van der Waals surface area contributed by atoms with Crippen molar-refractivity contribution in [1.29, 1.82) is 0 Å². The molecular weight excluding hydrogens is 238 g/mol. The zero-order chi connectivity index (χ0) is 13.8. The van der Waals surface area contributed by atoms with Crippen LogP contribution in [0.2, 0.25) is 0 Å². The molecule has 1 aromatic rings. The van der Waals surface area contributed by atoms with Crippen molar-refractivity contribution in [1.82, 2.24) is 9.88 Å². The average molecular weight is 261 g/mol. The smallest absolute Gasteiger partial charge is 0.320 e. The standard InChI is InChI=1S/C13H17N3O.C2H6/c1-10-5-6-14-12(8-10)16-9-11-4-2-3-7-15(11)13(16)17;1-2/h5-6,8,11H,2-4,7,9H2,1H3;1-2H3. The molecular formula is C15H23N3O. The molecule has 3 rings (SSSR count). The number of nitrogens with zero attached hydrogens (tertiary/aromatic N) is 3. The molecule has 19 heavy (non-hydrogen) atoms. The fourth-order valence-corrected chi connectivity index (χ4v) is 2.75. The Bertz CT molecular complexity index is 447. The zero-order valence-corrected chi connectivity index (χ0v) is 12.1. The van der Waals surface area contributed by atoms with Gasteiger partial charge < -0.3 is 4.90 Å². The van der Waals surface area contributed by atoms with Crippen LogP contribution in [0.15, 0.2) is 18.3 Å². The largest absolute Gasteiger partial charge is 0.326 e. The monoisotopic (exact) mass is 261 g/mol. The van der Waals surface area contributed by atoms with E-state index in [1.807, 2.05) is 42.7 Å². The molecule has 4 heteroatoms. The van der Waals surface area contributed by atoms with E-state index in [1.165, 1.54) is 6.42 Å². The van der Waals surface area contributed by atoms with Gasteiger partial charge in [-0.1, -0.05) is 13.8 Å². The van der Waals surface area contributed by atoms with Gasteiger partial charge in [0.15, 0.2) is 0 Å². The van der Waals surface area contributed by atoms with Gasteiger partial charge in [-0.3, -0.25) is 4.90 Å². The van der Waals surface area contributed by atoms with E-state index in [0.29, 0.717) is 6.04 Å². The van der Waals surface area contributed by atoms with Crippen molar-refractivity contribution < 1.29 is 4.79 Å². The SMILES string of the molecule is CC.Cc1ccnc(N2CC3CCCCN3C2=O)c1. The van der Waals surface area contributed by atoms with Gasteiger partial charge in [-0.2, -0.15) is 0 Å². The number of pyridine rings is 1. The predicted molar refractivity (Wildman–Crippen MR) is 77.4 cm³/mol. The molecule has 0 aliphatic carbocycles. The third-order valence-corrected chi connectivity index (χ3v) is 3.67. The van der Waals surface area contributed by atoms with E-state index in [9.17, 15) is 4.79 Å². The van der Waals surface area contributed by atoms with Crippen LogP contribution in [0.5, 0.6) is 0 Å². The highest BCUT2D eigenvalue weighted by molar-refractivity contribution is 5.93. The Labute approximate surface area is 115 Å². The van der Waals surface area contributed by atoms with Crippen molar-refractivity contribution in [2.24, 2.45) is 0 Å². The van der Waals surface area contributed by atoms with Crippen molar-refractivity contribution in [2.75, 3.05) is 18.0 Å². The minimum Gasteiger partial charge on any atom is -0.320 e. The maximum atomic E-state index is 12.3.